The highest BCUT2D eigenvalue weighted by Crippen LogP contribution is 2.17. The Morgan fingerprint density at radius 3 is 2.00 bits per heavy atom. The molecule has 0 aromatic rings. The van der Waals surface area contributed by atoms with Crippen LogP contribution in [0.1, 0.15) is 34.6 Å². The molecular weight excluding hydrogens is 210 g/mol. The fourth-order valence-electron chi connectivity index (χ4n) is 1.28. The molecule has 0 aliphatic heterocycles. The maximum atomic E-state index is 11.7. The van der Waals surface area contributed by atoms with E-state index in [-0.39, 0.29) is 6.61 Å². The van der Waals surface area contributed by atoms with Crippen molar-refractivity contribution in [3.05, 3.63) is 0 Å². The molecule has 0 spiro atoms. The van der Waals surface area contributed by atoms with Crippen LogP contribution in [0, 0.1) is 0 Å². The fraction of sp³-hybridized carbons (Fsp3) is 0.909. The number of carbonyl (C=O) groups excluding carboxylic acids is 1. The minimum Gasteiger partial charge on any atom is -0.444 e. The molecule has 0 rings (SSSR count). The summed E-state index contributed by atoms with van der Waals surface area (Å²) in [5.41, 5.74) is -1.77. The molecule has 0 heterocycles. The summed E-state index contributed by atoms with van der Waals surface area (Å²) in [6.07, 6.45) is -0.561. The Morgan fingerprint density at radius 2 is 1.75 bits per heavy atom. The van der Waals surface area contributed by atoms with Crippen LogP contribution >= 0.6 is 0 Å². The van der Waals surface area contributed by atoms with Crippen molar-refractivity contribution < 1.29 is 19.7 Å². The molecule has 2 N–H and O–H groups in total. The Hall–Kier alpha value is -0.810. The van der Waals surface area contributed by atoms with Crippen molar-refractivity contribution in [2.45, 2.75) is 51.9 Å². The molecule has 96 valence electrons. The Labute approximate surface area is 97.0 Å². The lowest BCUT2D eigenvalue weighted by Gasteiger charge is -2.36. The number of aliphatic hydroxyl groups is 2. The first-order chi connectivity index (χ1) is 6.99. The third-order valence-electron chi connectivity index (χ3n) is 2.14. The summed E-state index contributed by atoms with van der Waals surface area (Å²) >= 11 is 0. The summed E-state index contributed by atoms with van der Waals surface area (Å²) in [5.74, 6) is 0. The molecule has 0 aliphatic rings. The van der Waals surface area contributed by atoms with Gasteiger partial charge in [0.15, 0.2) is 0 Å². The molecular formula is C11H23NO4. The van der Waals surface area contributed by atoms with Crippen molar-refractivity contribution in [2.75, 3.05) is 13.7 Å². The maximum Gasteiger partial charge on any atom is 0.410 e. The third kappa shape index (κ3) is 4.81. The Bertz CT molecular complexity index is 239. The second kappa shape index (κ2) is 5.01. The van der Waals surface area contributed by atoms with E-state index >= 15 is 0 Å². The largest absolute Gasteiger partial charge is 0.444 e. The van der Waals surface area contributed by atoms with Crippen LogP contribution in [-0.4, -0.2) is 52.1 Å². The van der Waals surface area contributed by atoms with Crippen molar-refractivity contribution in [3.8, 4) is 0 Å². The molecule has 0 radical (unpaired) electrons. The van der Waals surface area contributed by atoms with Crippen molar-refractivity contribution in [1.82, 2.24) is 4.90 Å². The normalized spacial score (nSPS) is 14.5. The predicted octanol–water partition coefficient (Wildman–Crippen LogP) is 0.985. The Kier molecular flexibility index (Phi) is 4.76. The van der Waals surface area contributed by atoms with Crippen molar-refractivity contribution in [2.24, 2.45) is 0 Å². The summed E-state index contributed by atoms with van der Waals surface area (Å²) in [5, 5.41) is 19.0. The van der Waals surface area contributed by atoms with E-state index in [4.69, 9.17) is 9.84 Å². The van der Waals surface area contributed by atoms with Gasteiger partial charge in [-0.05, 0) is 34.6 Å². The molecule has 5 heteroatoms. The lowest BCUT2D eigenvalue weighted by Crippen LogP contribution is -2.53. The highest BCUT2D eigenvalue weighted by atomic mass is 16.6. The number of rotatable bonds is 3. The van der Waals surface area contributed by atoms with Gasteiger partial charge in [0.2, 0.25) is 0 Å². The molecule has 0 fully saturated rings. The average molecular weight is 233 g/mol. The van der Waals surface area contributed by atoms with E-state index in [1.807, 2.05) is 0 Å². The first-order valence-electron chi connectivity index (χ1n) is 5.28. The van der Waals surface area contributed by atoms with E-state index in [1.165, 1.54) is 25.8 Å². The molecule has 0 aromatic carbocycles. The highest BCUT2D eigenvalue weighted by Gasteiger charge is 2.34. The molecule has 1 amide bonds. The first-order valence-corrected chi connectivity index (χ1v) is 5.28. The van der Waals surface area contributed by atoms with Gasteiger partial charge < -0.3 is 19.8 Å². The van der Waals surface area contributed by atoms with E-state index < -0.39 is 23.3 Å². The molecule has 1 atom stereocenters. The SMILES string of the molecule is CN(C(=O)OC(C)(C)C)[C@@H](CO)C(C)(C)O. The fourth-order valence-corrected chi connectivity index (χ4v) is 1.28. The summed E-state index contributed by atoms with van der Waals surface area (Å²) < 4.78 is 5.14. The van der Waals surface area contributed by atoms with Crippen LogP contribution in [0.15, 0.2) is 0 Å². The van der Waals surface area contributed by atoms with E-state index in [0.29, 0.717) is 0 Å². The van der Waals surface area contributed by atoms with Gasteiger partial charge in [0, 0.05) is 7.05 Å². The lowest BCUT2D eigenvalue weighted by atomic mass is 9.99. The van der Waals surface area contributed by atoms with Crippen molar-refractivity contribution in [3.63, 3.8) is 0 Å². The number of amides is 1. The molecule has 0 aliphatic carbocycles. The van der Waals surface area contributed by atoms with Crippen LogP contribution in [0.2, 0.25) is 0 Å². The smallest absolute Gasteiger partial charge is 0.410 e. The summed E-state index contributed by atoms with van der Waals surface area (Å²) in [7, 11) is 1.49. The maximum absolute atomic E-state index is 11.7. The number of likely N-dealkylation sites (N-methyl/N-ethyl adjacent to an activating group) is 1. The number of hydrogen-bond donors (Lipinski definition) is 2. The monoisotopic (exact) mass is 233 g/mol. The van der Waals surface area contributed by atoms with Crippen LogP contribution in [0.4, 0.5) is 4.79 Å². The first kappa shape index (κ1) is 15.2. The van der Waals surface area contributed by atoms with Gasteiger partial charge in [-0.25, -0.2) is 4.79 Å². The van der Waals surface area contributed by atoms with Gasteiger partial charge >= 0.3 is 6.09 Å². The standard InChI is InChI=1S/C11H23NO4/c1-10(2,3)16-9(14)12(6)8(7-13)11(4,5)15/h8,13,15H,7H2,1-6H3/t8-/m0/s1. The van der Waals surface area contributed by atoms with Gasteiger partial charge in [-0.15, -0.1) is 0 Å². The molecule has 0 unspecified atom stereocenters. The zero-order valence-electron chi connectivity index (χ0n) is 10.9. The number of ether oxygens (including phenoxy) is 1. The summed E-state index contributed by atoms with van der Waals surface area (Å²) in [6, 6.07) is -0.692. The Morgan fingerprint density at radius 1 is 1.31 bits per heavy atom. The molecule has 0 aromatic heterocycles. The number of nitrogens with zero attached hydrogens (tertiary/aromatic N) is 1. The average Bonchev–Trinajstić information content (AvgIpc) is 1.99. The number of carbonyl (C=O) groups is 1. The van der Waals surface area contributed by atoms with Gasteiger partial charge in [0.1, 0.15) is 5.60 Å². The summed E-state index contributed by atoms with van der Waals surface area (Å²) in [6.45, 7) is 8.03. The topological polar surface area (TPSA) is 70.0 Å². The zero-order valence-corrected chi connectivity index (χ0v) is 10.9. The Balaban J connectivity index is 4.65. The van der Waals surface area contributed by atoms with E-state index in [9.17, 15) is 9.90 Å². The third-order valence-corrected chi connectivity index (χ3v) is 2.14. The lowest BCUT2D eigenvalue weighted by molar-refractivity contribution is -0.0459. The number of hydrogen-bond acceptors (Lipinski definition) is 4. The van der Waals surface area contributed by atoms with E-state index in [0.717, 1.165) is 0 Å². The van der Waals surface area contributed by atoms with Crippen molar-refractivity contribution in [1.29, 1.82) is 0 Å². The minimum absolute atomic E-state index is 0.320. The molecule has 0 saturated heterocycles. The summed E-state index contributed by atoms with van der Waals surface area (Å²) in [4.78, 5) is 12.9. The van der Waals surface area contributed by atoms with E-state index in [1.54, 1.807) is 20.8 Å². The van der Waals surface area contributed by atoms with Gasteiger partial charge in [0.05, 0.1) is 18.2 Å². The van der Waals surface area contributed by atoms with Crippen molar-refractivity contribution >= 4 is 6.09 Å². The quantitative estimate of drug-likeness (QED) is 0.762. The predicted molar refractivity (Wildman–Crippen MR) is 61.2 cm³/mol. The number of aliphatic hydroxyl groups excluding tert-OH is 1. The van der Waals surface area contributed by atoms with Gasteiger partial charge in [-0.1, -0.05) is 0 Å². The molecule has 5 nitrogen and oxygen atoms in total. The van der Waals surface area contributed by atoms with Gasteiger partial charge in [-0.2, -0.15) is 0 Å². The van der Waals surface area contributed by atoms with Crippen LogP contribution in [0.3, 0.4) is 0 Å². The van der Waals surface area contributed by atoms with Gasteiger partial charge in [0.25, 0.3) is 0 Å². The zero-order chi connectivity index (χ0) is 13.1. The van der Waals surface area contributed by atoms with Crippen LogP contribution < -0.4 is 0 Å². The van der Waals surface area contributed by atoms with Crippen LogP contribution in [0.5, 0.6) is 0 Å². The van der Waals surface area contributed by atoms with E-state index in [2.05, 4.69) is 0 Å². The molecule has 16 heavy (non-hydrogen) atoms. The molecule has 0 bridgehead atoms. The van der Waals surface area contributed by atoms with Crippen LogP contribution in [0.25, 0.3) is 0 Å². The second-order valence-electron chi connectivity index (χ2n) is 5.44. The highest BCUT2D eigenvalue weighted by molar-refractivity contribution is 5.68. The minimum atomic E-state index is -1.18. The van der Waals surface area contributed by atoms with Crippen LogP contribution in [-0.2, 0) is 4.74 Å². The second-order valence-corrected chi connectivity index (χ2v) is 5.44. The molecule has 0 saturated carbocycles. The van der Waals surface area contributed by atoms with Gasteiger partial charge in [-0.3, -0.25) is 0 Å².